The van der Waals surface area contributed by atoms with Crippen LogP contribution in [0.2, 0.25) is 0 Å². The van der Waals surface area contributed by atoms with Crippen LogP contribution in [0, 0.1) is 0 Å². The van der Waals surface area contributed by atoms with Crippen molar-refractivity contribution in [1.29, 1.82) is 0 Å². The molecule has 0 aliphatic carbocycles. The van der Waals surface area contributed by atoms with Crippen molar-refractivity contribution < 1.29 is 23.0 Å². The first-order valence-electron chi connectivity index (χ1n) is 5.77. The van der Waals surface area contributed by atoms with Gasteiger partial charge in [0.2, 0.25) is 5.88 Å². The second-order valence-corrected chi connectivity index (χ2v) is 4.09. The molecule has 0 atom stereocenters. The summed E-state index contributed by atoms with van der Waals surface area (Å²) in [6.07, 6.45) is -3.20. The fourth-order valence-corrected chi connectivity index (χ4v) is 1.93. The number of aliphatic hydroxyl groups excluding tert-OH is 1. The molecule has 0 amide bonds. The Morgan fingerprint density at radius 1 is 1.20 bits per heavy atom. The lowest BCUT2D eigenvalue weighted by Crippen LogP contribution is -2.08. The number of hydrogen-bond donors (Lipinski definition) is 1. The van der Waals surface area contributed by atoms with Crippen molar-refractivity contribution in [2.75, 3.05) is 7.11 Å². The van der Waals surface area contributed by atoms with Gasteiger partial charge in [0.05, 0.1) is 19.3 Å². The number of halogens is 3. The lowest BCUT2D eigenvalue weighted by molar-refractivity contribution is -0.137. The average Bonchev–Trinajstić information content (AvgIpc) is 2.45. The molecule has 0 bridgehead atoms. The van der Waals surface area contributed by atoms with Gasteiger partial charge in [-0.15, -0.1) is 0 Å². The van der Waals surface area contributed by atoms with E-state index in [-0.39, 0.29) is 17.0 Å². The molecule has 2 aromatic rings. The summed E-state index contributed by atoms with van der Waals surface area (Å²) in [5, 5.41) is 9.33. The van der Waals surface area contributed by atoms with Gasteiger partial charge in [0.15, 0.2) is 0 Å². The van der Waals surface area contributed by atoms with Gasteiger partial charge in [-0.1, -0.05) is 18.2 Å². The van der Waals surface area contributed by atoms with E-state index in [0.29, 0.717) is 5.56 Å². The highest BCUT2D eigenvalue weighted by Gasteiger charge is 2.33. The van der Waals surface area contributed by atoms with Crippen LogP contribution in [0.1, 0.15) is 11.1 Å². The number of aliphatic hydroxyl groups is 1. The number of pyridine rings is 1. The highest BCUT2D eigenvalue weighted by atomic mass is 19.4. The molecule has 0 radical (unpaired) electrons. The van der Waals surface area contributed by atoms with Gasteiger partial charge < -0.3 is 9.84 Å². The van der Waals surface area contributed by atoms with E-state index in [9.17, 15) is 18.3 Å². The molecule has 0 aliphatic heterocycles. The molecule has 0 aliphatic rings. The molecule has 20 heavy (non-hydrogen) atoms. The van der Waals surface area contributed by atoms with Crippen LogP contribution >= 0.6 is 0 Å². The predicted octanol–water partition coefficient (Wildman–Crippen LogP) is 3.27. The predicted molar refractivity (Wildman–Crippen MR) is 67.1 cm³/mol. The van der Waals surface area contributed by atoms with Crippen LogP contribution in [0.5, 0.6) is 5.88 Å². The van der Waals surface area contributed by atoms with Crippen molar-refractivity contribution in [2.45, 2.75) is 12.8 Å². The van der Waals surface area contributed by atoms with Crippen LogP contribution in [0.25, 0.3) is 11.1 Å². The number of methoxy groups -OCH3 is 1. The van der Waals surface area contributed by atoms with Gasteiger partial charge in [-0.2, -0.15) is 13.2 Å². The van der Waals surface area contributed by atoms with Crippen molar-refractivity contribution in [3.63, 3.8) is 0 Å². The summed E-state index contributed by atoms with van der Waals surface area (Å²) in [7, 11) is 1.40. The Hall–Kier alpha value is -2.08. The fraction of sp³-hybridized carbons (Fsp3) is 0.214. The van der Waals surface area contributed by atoms with Crippen molar-refractivity contribution in [3.05, 3.63) is 47.7 Å². The molecule has 1 aromatic heterocycles. The molecule has 2 rings (SSSR count). The molecule has 106 valence electrons. The van der Waals surface area contributed by atoms with E-state index in [1.807, 2.05) is 0 Å². The van der Waals surface area contributed by atoms with Gasteiger partial charge >= 0.3 is 6.18 Å². The Bertz CT molecular complexity index is 612. The number of nitrogens with zero attached hydrogens (tertiary/aromatic N) is 1. The zero-order chi connectivity index (χ0) is 14.8. The molecule has 3 nitrogen and oxygen atoms in total. The summed E-state index contributed by atoms with van der Waals surface area (Å²) in [5.41, 5.74) is -0.212. The molecular weight excluding hydrogens is 271 g/mol. The highest BCUT2D eigenvalue weighted by molar-refractivity contribution is 5.71. The quantitative estimate of drug-likeness (QED) is 0.940. The second-order valence-electron chi connectivity index (χ2n) is 4.09. The standard InChI is InChI=1S/C14H12F3NO2/c1-20-13-6-9(8-19)11(7-18-13)10-4-2-3-5-12(10)14(15,16)17/h2-7,19H,8H2,1H3. The number of benzene rings is 1. The van der Waals surface area contributed by atoms with Gasteiger partial charge in [0, 0.05) is 17.8 Å². The van der Waals surface area contributed by atoms with Crippen molar-refractivity contribution >= 4 is 0 Å². The molecule has 6 heteroatoms. The Morgan fingerprint density at radius 3 is 2.50 bits per heavy atom. The SMILES string of the molecule is COc1cc(CO)c(-c2ccccc2C(F)(F)F)cn1. The lowest BCUT2D eigenvalue weighted by atomic mass is 9.97. The zero-order valence-corrected chi connectivity index (χ0v) is 10.6. The molecule has 1 aromatic carbocycles. The first kappa shape index (κ1) is 14.3. The molecule has 0 saturated carbocycles. The van der Waals surface area contributed by atoms with Gasteiger partial charge in [0.25, 0.3) is 0 Å². The van der Waals surface area contributed by atoms with Crippen LogP contribution in [0.3, 0.4) is 0 Å². The Balaban J connectivity index is 2.63. The minimum absolute atomic E-state index is 0.0146. The second kappa shape index (κ2) is 5.50. The summed E-state index contributed by atoms with van der Waals surface area (Å²) in [6, 6.07) is 6.60. The van der Waals surface area contributed by atoms with E-state index in [4.69, 9.17) is 4.74 Å². The summed E-state index contributed by atoms with van der Waals surface area (Å²) < 4.78 is 43.9. The molecule has 0 saturated heterocycles. The third-order valence-corrected chi connectivity index (χ3v) is 2.87. The first-order chi connectivity index (χ1) is 9.47. The van der Waals surface area contributed by atoms with E-state index >= 15 is 0 Å². The van der Waals surface area contributed by atoms with E-state index in [1.54, 1.807) is 0 Å². The van der Waals surface area contributed by atoms with Crippen molar-refractivity contribution in [1.82, 2.24) is 4.98 Å². The molecule has 1 heterocycles. The Morgan fingerprint density at radius 2 is 1.90 bits per heavy atom. The third-order valence-electron chi connectivity index (χ3n) is 2.87. The Labute approximate surface area is 113 Å². The largest absolute Gasteiger partial charge is 0.481 e. The van der Waals surface area contributed by atoms with Gasteiger partial charge in [0.1, 0.15) is 0 Å². The maximum Gasteiger partial charge on any atom is 0.417 e. The molecule has 0 unspecified atom stereocenters. The van der Waals surface area contributed by atoms with Crippen LogP contribution in [0.4, 0.5) is 13.2 Å². The number of alkyl halides is 3. The van der Waals surface area contributed by atoms with Crippen LogP contribution < -0.4 is 4.74 Å². The third kappa shape index (κ3) is 2.75. The maximum atomic E-state index is 13.0. The lowest BCUT2D eigenvalue weighted by Gasteiger charge is -2.15. The maximum absolute atomic E-state index is 13.0. The molecule has 0 fully saturated rings. The van der Waals surface area contributed by atoms with E-state index < -0.39 is 18.3 Å². The zero-order valence-electron chi connectivity index (χ0n) is 10.6. The van der Waals surface area contributed by atoms with Gasteiger partial charge in [-0.05, 0) is 17.2 Å². The minimum atomic E-state index is -4.47. The fourth-order valence-electron chi connectivity index (χ4n) is 1.93. The van der Waals surface area contributed by atoms with E-state index in [2.05, 4.69) is 4.98 Å². The topological polar surface area (TPSA) is 42.4 Å². The van der Waals surface area contributed by atoms with Gasteiger partial charge in [-0.3, -0.25) is 0 Å². The average molecular weight is 283 g/mol. The van der Waals surface area contributed by atoms with Gasteiger partial charge in [-0.25, -0.2) is 4.98 Å². The van der Waals surface area contributed by atoms with Crippen molar-refractivity contribution in [3.8, 4) is 17.0 Å². The highest BCUT2D eigenvalue weighted by Crippen LogP contribution is 2.38. The summed E-state index contributed by atoms with van der Waals surface area (Å²) in [4.78, 5) is 3.90. The number of hydrogen-bond acceptors (Lipinski definition) is 3. The molecule has 1 N–H and O–H groups in total. The number of rotatable bonds is 3. The number of aromatic nitrogens is 1. The monoisotopic (exact) mass is 283 g/mol. The first-order valence-corrected chi connectivity index (χ1v) is 5.77. The summed E-state index contributed by atoms with van der Waals surface area (Å²) in [6.45, 7) is -0.402. The Kier molecular flexibility index (Phi) is 3.94. The smallest absolute Gasteiger partial charge is 0.417 e. The summed E-state index contributed by atoms with van der Waals surface area (Å²) >= 11 is 0. The number of ether oxygens (including phenoxy) is 1. The molecule has 0 spiro atoms. The molecular formula is C14H12F3NO2. The van der Waals surface area contributed by atoms with Crippen molar-refractivity contribution in [2.24, 2.45) is 0 Å². The normalized spacial score (nSPS) is 11.4. The van der Waals surface area contributed by atoms with E-state index in [1.165, 1.54) is 37.6 Å². The van der Waals surface area contributed by atoms with Crippen LogP contribution in [-0.4, -0.2) is 17.2 Å². The minimum Gasteiger partial charge on any atom is -0.481 e. The van der Waals surface area contributed by atoms with Crippen LogP contribution in [0.15, 0.2) is 36.5 Å². The summed E-state index contributed by atoms with van der Waals surface area (Å²) in [5.74, 6) is 0.238. The van der Waals surface area contributed by atoms with Crippen LogP contribution in [-0.2, 0) is 12.8 Å². The van der Waals surface area contributed by atoms with E-state index in [0.717, 1.165) is 6.07 Å².